The zero-order valence-electron chi connectivity index (χ0n) is 13.4. The van der Waals surface area contributed by atoms with Crippen LogP contribution >= 0.6 is 34.7 Å². The van der Waals surface area contributed by atoms with E-state index in [0.29, 0.717) is 10.9 Å². The monoisotopic (exact) mass is 381 g/mol. The number of fused-ring (bicyclic) bond motifs is 2. The van der Waals surface area contributed by atoms with Gasteiger partial charge in [0.2, 0.25) is 5.91 Å². The molecule has 9 heteroatoms. The van der Waals surface area contributed by atoms with Crippen molar-refractivity contribution in [1.29, 1.82) is 0 Å². The van der Waals surface area contributed by atoms with Gasteiger partial charge in [0.1, 0.15) is 5.82 Å². The molecule has 0 fully saturated rings. The average Bonchev–Trinajstić information content (AvgIpc) is 3.13. The van der Waals surface area contributed by atoms with Crippen molar-refractivity contribution in [3.63, 3.8) is 0 Å². The smallest absolute Gasteiger partial charge is 0.235 e. The Morgan fingerprint density at radius 3 is 2.96 bits per heavy atom. The maximum absolute atomic E-state index is 12.2. The predicted molar refractivity (Wildman–Crippen MR) is 98.2 cm³/mol. The second kappa shape index (κ2) is 5.50. The number of aromatic nitrogens is 4. The van der Waals surface area contributed by atoms with Gasteiger partial charge in [-0.15, -0.1) is 23.1 Å². The van der Waals surface area contributed by atoms with E-state index < -0.39 is 0 Å². The van der Waals surface area contributed by atoms with Crippen molar-refractivity contribution in [2.45, 2.75) is 31.6 Å². The molecule has 126 valence electrons. The topological polar surface area (TPSA) is 64.2 Å². The fourth-order valence-electron chi connectivity index (χ4n) is 2.84. The second-order valence-electron chi connectivity index (χ2n) is 6.61. The normalized spacial score (nSPS) is 18.5. The van der Waals surface area contributed by atoms with Crippen molar-refractivity contribution in [2.75, 3.05) is 11.1 Å². The first-order valence-electron chi connectivity index (χ1n) is 7.47. The van der Waals surface area contributed by atoms with Crippen LogP contribution < -0.4 is 5.32 Å². The Hall–Kier alpha value is -1.51. The van der Waals surface area contributed by atoms with Crippen LogP contribution in [0.2, 0.25) is 5.15 Å². The van der Waals surface area contributed by atoms with Gasteiger partial charge in [0.25, 0.3) is 0 Å². The second-order valence-corrected chi connectivity index (χ2v) is 8.94. The van der Waals surface area contributed by atoms with E-state index in [-0.39, 0.29) is 16.7 Å². The molecule has 4 rings (SSSR count). The fraction of sp³-hybridized carbons (Fsp3) is 0.400. The van der Waals surface area contributed by atoms with Crippen LogP contribution in [0.25, 0.3) is 4.96 Å². The molecule has 3 aromatic heterocycles. The molecule has 1 aliphatic heterocycles. The minimum atomic E-state index is -0.237. The van der Waals surface area contributed by atoms with Crippen LogP contribution in [0.15, 0.2) is 17.8 Å². The lowest BCUT2D eigenvalue weighted by atomic mass is 10.1. The standard InChI is InChI=1S/C15H16ClN5OS2/c1-15(2,3)21-13-8(6-17-21)11(24-7-9(22)18-13)10-12(16)19-14-20(10)4-5-23-14/h4-6,11H,7H2,1-3H3,(H,18,22). The van der Waals surface area contributed by atoms with Crippen LogP contribution in [0.1, 0.15) is 37.3 Å². The van der Waals surface area contributed by atoms with Crippen molar-refractivity contribution in [1.82, 2.24) is 19.2 Å². The van der Waals surface area contributed by atoms with E-state index in [9.17, 15) is 4.79 Å². The van der Waals surface area contributed by atoms with Crippen molar-refractivity contribution in [3.05, 3.63) is 34.2 Å². The third-order valence-electron chi connectivity index (χ3n) is 3.86. The Morgan fingerprint density at radius 1 is 1.42 bits per heavy atom. The molecule has 1 aliphatic rings. The summed E-state index contributed by atoms with van der Waals surface area (Å²) in [7, 11) is 0. The quantitative estimate of drug-likeness (QED) is 0.696. The fourth-order valence-corrected chi connectivity index (χ4v) is 5.08. The number of amides is 1. The third kappa shape index (κ3) is 2.44. The van der Waals surface area contributed by atoms with E-state index >= 15 is 0 Å². The number of thioether (sulfide) groups is 1. The lowest BCUT2D eigenvalue weighted by Crippen LogP contribution is -2.27. The number of nitrogens with one attached hydrogen (secondary N) is 1. The first kappa shape index (κ1) is 16.0. The Labute approximate surface area is 152 Å². The Balaban J connectivity index is 1.92. The summed E-state index contributed by atoms with van der Waals surface area (Å²) >= 11 is 9.50. The molecule has 24 heavy (non-hydrogen) atoms. The van der Waals surface area contributed by atoms with Gasteiger partial charge < -0.3 is 5.32 Å². The summed E-state index contributed by atoms with van der Waals surface area (Å²) in [4.78, 5) is 17.5. The summed E-state index contributed by atoms with van der Waals surface area (Å²) in [6.45, 7) is 6.17. The number of hydrogen-bond acceptors (Lipinski definition) is 5. The van der Waals surface area contributed by atoms with Gasteiger partial charge >= 0.3 is 0 Å². The van der Waals surface area contributed by atoms with Crippen LogP contribution in [0.5, 0.6) is 0 Å². The van der Waals surface area contributed by atoms with Crippen LogP contribution in [-0.4, -0.2) is 30.8 Å². The molecule has 0 spiro atoms. The molecule has 0 saturated heterocycles. The molecule has 1 N–H and O–H groups in total. The number of hydrogen-bond donors (Lipinski definition) is 1. The molecule has 0 saturated carbocycles. The van der Waals surface area contributed by atoms with Crippen molar-refractivity contribution in [3.8, 4) is 0 Å². The van der Waals surface area contributed by atoms with Crippen LogP contribution in [0.3, 0.4) is 0 Å². The van der Waals surface area contributed by atoms with E-state index in [4.69, 9.17) is 11.6 Å². The Morgan fingerprint density at radius 2 is 2.21 bits per heavy atom. The van der Waals surface area contributed by atoms with Gasteiger partial charge in [0.05, 0.1) is 28.4 Å². The maximum Gasteiger partial charge on any atom is 0.235 e. The van der Waals surface area contributed by atoms with Gasteiger partial charge in [-0.1, -0.05) is 11.6 Å². The van der Waals surface area contributed by atoms with Gasteiger partial charge in [0.15, 0.2) is 10.1 Å². The molecule has 1 unspecified atom stereocenters. The van der Waals surface area contributed by atoms with Gasteiger partial charge in [-0.2, -0.15) is 5.10 Å². The van der Waals surface area contributed by atoms with E-state index in [0.717, 1.165) is 22.0 Å². The highest BCUT2D eigenvalue weighted by Gasteiger charge is 2.33. The predicted octanol–water partition coefficient (Wildman–Crippen LogP) is 3.78. The molecule has 0 bridgehead atoms. The van der Waals surface area contributed by atoms with Crippen LogP contribution in [0.4, 0.5) is 5.82 Å². The first-order valence-corrected chi connectivity index (χ1v) is 9.77. The summed E-state index contributed by atoms with van der Waals surface area (Å²) in [5.74, 6) is 1.07. The number of rotatable bonds is 1. The maximum atomic E-state index is 12.2. The number of imidazole rings is 1. The molecular formula is C15H16ClN5OS2. The lowest BCUT2D eigenvalue weighted by molar-refractivity contribution is -0.113. The molecular weight excluding hydrogens is 366 g/mol. The summed E-state index contributed by atoms with van der Waals surface area (Å²) in [6, 6.07) is 0. The molecule has 1 atom stereocenters. The number of anilines is 1. The minimum Gasteiger partial charge on any atom is -0.310 e. The number of carbonyl (C=O) groups excluding carboxylic acids is 1. The lowest BCUT2D eigenvalue weighted by Gasteiger charge is -2.23. The molecule has 3 aromatic rings. The molecule has 6 nitrogen and oxygen atoms in total. The highest BCUT2D eigenvalue weighted by Crippen LogP contribution is 2.45. The minimum absolute atomic E-state index is 0.0306. The van der Waals surface area contributed by atoms with Crippen molar-refractivity contribution >= 4 is 51.4 Å². The zero-order chi connectivity index (χ0) is 17.1. The number of carbonyl (C=O) groups is 1. The number of nitrogens with zero attached hydrogens (tertiary/aromatic N) is 4. The molecule has 1 amide bonds. The number of halogens is 1. The van der Waals surface area contributed by atoms with E-state index in [1.165, 1.54) is 11.3 Å². The molecule has 4 heterocycles. The highest BCUT2D eigenvalue weighted by molar-refractivity contribution is 8.00. The Kier molecular flexibility index (Phi) is 3.67. The average molecular weight is 382 g/mol. The van der Waals surface area contributed by atoms with Gasteiger partial charge in [-0.05, 0) is 20.8 Å². The molecule has 0 radical (unpaired) electrons. The molecule has 0 aliphatic carbocycles. The van der Waals surface area contributed by atoms with E-state index in [1.807, 2.05) is 26.9 Å². The third-order valence-corrected chi connectivity index (χ3v) is 6.13. The molecule has 0 aromatic carbocycles. The van der Waals surface area contributed by atoms with Crippen LogP contribution in [0, 0.1) is 0 Å². The Bertz CT molecular complexity index is 936. The summed E-state index contributed by atoms with van der Waals surface area (Å²) in [5, 5.41) is 9.87. The van der Waals surface area contributed by atoms with E-state index in [1.54, 1.807) is 11.8 Å². The first-order chi connectivity index (χ1) is 11.4. The van der Waals surface area contributed by atoms with Gasteiger partial charge in [-0.3, -0.25) is 9.20 Å². The van der Waals surface area contributed by atoms with Crippen molar-refractivity contribution < 1.29 is 4.79 Å². The summed E-state index contributed by atoms with van der Waals surface area (Å²) < 4.78 is 3.86. The number of thiazole rings is 1. The van der Waals surface area contributed by atoms with Crippen LogP contribution in [-0.2, 0) is 10.3 Å². The van der Waals surface area contributed by atoms with E-state index in [2.05, 4.69) is 36.2 Å². The zero-order valence-corrected chi connectivity index (χ0v) is 15.8. The largest absolute Gasteiger partial charge is 0.310 e. The van der Waals surface area contributed by atoms with Gasteiger partial charge in [0, 0.05) is 17.1 Å². The SMILES string of the molecule is CC(C)(C)n1ncc2c1NC(=O)CSC2c1c(Cl)nc2sccn12. The summed E-state index contributed by atoms with van der Waals surface area (Å²) in [5.41, 5.74) is 1.61. The van der Waals surface area contributed by atoms with Gasteiger partial charge in [-0.25, -0.2) is 9.67 Å². The van der Waals surface area contributed by atoms with Crippen molar-refractivity contribution in [2.24, 2.45) is 0 Å². The summed E-state index contributed by atoms with van der Waals surface area (Å²) in [6.07, 6.45) is 3.79. The highest BCUT2D eigenvalue weighted by atomic mass is 35.5.